The van der Waals surface area contributed by atoms with Gasteiger partial charge in [-0.1, -0.05) is 55.3 Å². The lowest BCUT2D eigenvalue weighted by Gasteiger charge is -2.19. The molecule has 0 unspecified atom stereocenters. The van der Waals surface area contributed by atoms with E-state index >= 15 is 0 Å². The Hall–Kier alpha value is -1.91. The molecule has 0 heterocycles. The van der Waals surface area contributed by atoms with Crippen LogP contribution in [-0.2, 0) is 0 Å². The fraction of sp³-hybridized carbons (Fsp3) is 0.176. The number of hydrogen-bond acceptors (Lipinski definition) is 2. The molecular formula is C17H18ClN3S. The molecule has 22 heavy (non-hydrogen) atoms. The van der Waals surface area contributed by atoms with Gasteiger partial charge < -0.3 is 5.73 Å². The summed E-state index contributed by atoms with van der Waals surface area (Å²) in [5.74, 6) is 0. The first-order valence-corrected chi connectivity index (χ1v) is 7.88. The number of rotatable bonds is 5. The molecule has 0 bridgehead atoms. The maximum absolute atomic E-state index is 5.95. The molecule has 0 fully saturated rings. The maximum Gasteiger partial charge on any atom is 0.191 e. The highest BCUT2D eigenvalue weighted by Gasteiger charge is 2.11. The van der Waals surface area contributed by atoms with Crippen LogP contribution in [0.4, 0.5) is 5.69 Å². The Balaban J connectivity index is 2.41. The van der Waals surface area contributed by atoms with Crippen LogP contribution in [-0.4, -0.2) is 10.8 Å². The number of thiocarbonyl (C=S) groups is 1. The summed E-state index contributed by atoms with van der Waals surface area (Å²) in [6.45, 7) is 2.11. The van der Waals surface area contributed by atoms with Gasteiger partial charge >= 0.3 is 0 Å². The van der Waals surface area contributed by atoms with E-state index < -0.39 is 0 Å². The fourth-order valence-corrected chi connectivity index (χ4v) is 2.33. The van der Waals surface area contributed by atoms with Crippen molar-refractivity contribution in [2.75, 3.05) is 5.01 Å². The smallest absolute Gasteiger partial charge is 0.191 e. The van der Waals surface area contributed by atoms with Crippen molar-refractivity contribution < 1.29 is 0 Å². The van der Waals surface area contributed by atoms with Crippen LogP contribution in [0, 0.1) is 0 Å². The third-order valence-electron chi connectivity index (χ3n) is 3.09. The van der Waals surface area contributed by atoms with Crippen LogP contribution >= 0.6 is 23.8 Å². The van der Waals surface area contributed by atoms with E-state index in [0.717, 1.165) is 29.8 Å². The number of hydrogen-bond donors (Lipinski definition) is 1. The van der Waals surface area contributed by atoms with Crippen LogP contribution < -0.4 is 10.7 Å². The molecule has 5 heteroatoms. The normalized spacial score (nSPS) is 11.3. The minimum Gasteiger partial charge on any atom is -0.374 e. The zero-order valence-corrected chi connectivity index (χ0v) is 13.9. The number of halogens is 1. The van der Waals surface area contributed by atoms with Crippen LogP contribution in [0.15, 0.2) is 59.7 Å². The lowest BCUT2D eigenvalue weighted by atomic mass is 10.1. The molecule has 0 aliphatic carbocycles. The van der Waals surface area contributed by atoms with E-state index in [9.17, 15) is 0 Å². The van der Waals surface area contributed by atoms with E-state index in [-0.39, 0.29) is 5.11 Å². The predicted octanol–water partition coefficient (Wildman–Crippen LogP) is 4.59. The molecule has 3 nitrogen and oxygen atoms in total. The van der Waals surface area contributed by atoms with Crippen molar-refractivity contribution in [3.8, 4) is 0 Å². The van der Waals surface area contributed by atoms with E-state index in [1.165, 1.54) is 0 Å². The SMILES string of the molecule is CCC/C(=N\N(C(N)=S)c1ccccc1)c1ccc(Cl)cc1. The Bertz CT molecular complexity index is 653. The summed E-state index contributed by atoms with van der Waals surface area (Å²) in [5, 5.41) is 7.19. The molecule has 0 saturated carbocycles. The third-order valence-corrected chi connectivity index (χ3v) is 3.52. The highest BCUT2D eigenvalue weighted by atomic mass is 35.5. The number of hydrazone groups is 1. The summed E-state index contributed by atoms with van der Waals surface area (Å²) in [6, 6.07) is 17.3. The van der Waals surface area contributed by atoms with Gasteiger partial charge in [-0.05, 0) is 48.5 Å². The van der Waals surface area contributed by atoms with Crippen molar-refractivity contribution in [1.29, 1.82) is 0 Å². The summed E-state index contributed by atoms with van der Waals surface area (Å²) in [4.78, 5) is 0. The Morgan fingerprint density at radius 3 is 2.32 bits per heavy atom. The van der Waals surface area contributed by atoms with Crippen LogP contribution in [0.1, 0.15) is 25.3 Å². The summed E-state index contributed by atoms with van der Waals surface area (Å²) in [6.07, 6.45) is 1.80. The monoisotopic (exact) mass is 331 g/mol. The van der Waals surface area contributed by atoms with Gasteiger partial charge in [0, 0.05) is 5.02 Å². The zero-order valence-electron chi connectivity index (χ0n) is 12.4. The van der Waals surface area contributed by atoms with E-state index in [1.807, 2.05) is 54.6 Å². The molecule has 114 valence electrons. The molecule has 0 radical (unpaired) electrons. The lowest BCUT2D eigenvalue weighted by Crippen LogP contribution is -2.32. The zero-order chi connectivity index (χ0) is 15.9. The molecule has 0 atom stereocenters. The molecule has 2 aromatic carbocycles. The first kappa shape index (κ1) is 16.5. The Labute approximate surface area is 141 Å². The average molecular weight is 332 g/mol. The highest BCUT2D eigenvalue weighted by molar-refractivity contribution is 7.80. The van der Waals surface area contributed by atoms with Gasteiger partial charge in [0.15, 0.2) is 5.11 Å². The van der Waals surface area contributed by atoms with Crippen LogP contribution in [0.5, 0.6) is 0 Å². The standard InChI is InChI=1S/C17H18ClN3S/c1-2-6-16(13-9-11-14(18)12-10-13)20-21(17(19)22)15-7-4-3-5-8-15/h3-5,7-12H,2,6H2,1H3,(H2,19,22)/b20-16+. The van der Waals surface area contributed by atoms with E-state index in [0.29, 0.717) is 5.02 Å². The van der Waals surface area contributed by atoms with Crippen molar-refractivity contribution in [3.05, 3.63) is 65.2 Å². The first-order valence-electron chi connectivity index (χ1n) is 7.10. The van der Waals surface area contributed by atoms with Crippen LogP contribution in [0.25, 0.3) is 0 Å². The first-order chi connectivity index (χ1) is 10.6. The summed E-state index contributed by atoms with van der Waals surface area (Å²) in [5.41, 5.74) is 8.63. The molecule has 0 amide bonds. The van der Waals surface area contributed by atoms with Crippen molar-refractivity contribution in [2.24, 2.45) is 10.8 Å². The Kier molecular flexibility index (Phi) is 5.92. The van der Waals surface area contributed by atoms with Gasteiger partial charge in [0.2, 0.25) is 0 Å². The van der Waals surface area contributed by atoms with Crippen molar-refractivity contribution in [2.45, 2.75) is 19.8 Å². The molecule has 0 aromatic heterocycles. The maximum atomic E-state index is 5.95. The Morgan fingerprint density at radius 2 is 1.77 bits per heavy atom. The molecule has 0 spiro atoms. The van der Waals surface area contributed by atoms with Gasteiger partial charge in [-0.3, -0.25) is 0 Å². The van der Waals surface area contributed by atoms with Crippen molar-refractivity contribution in [3.63, 3.8) is 0 Å². The van der Waals surface area contributed by atoms with E-state index in [4.69, 9.17) is 29.6 Å². The van der Waals surface area contributed by atoms with Crippen LogP contribution in [0.2, 0.25) is 5.02 Å². The molecule has 0 aliphatic heterocycles. The van der Waals surface area contributed by atoms with Crippen LogP contribution in [0.3, 0.4) is 0 Å². The second kappa shape index (κ2) is 7.92. The van der Waals surface area contributed by atoms with Gasteiger partial charge in [0.1, 0.15) is 0 Å². The summed E-state index contributed by atoms with van der Waals surface area (Å²) >= 11 is 11.1. The molecule has 2 aromatic rings. The summed E-state index contributed by atoms with van der Waals surface area (Å²) < 4.78 is 0. The second-order valence-electron chi connectivity index (χ2n) is 4.79. The van der Waals surface area contributed by atoms with Crippen molar-refractivity contribution in [1.82, 2.24) is 0 Å². The number of nitrogens with zero attached hydrogens (tertiary/aromatic N) is 2. The van der Waals surface area contributed by atoms with Crippen molar-refractivity contribution >= 4 is 40.3 Å². The molecule has 2 rings (SSSR count). The number of nitrogens with two attached hydrogens (primary N) is 1. The average Bonchev–Trinajstić information content (AvgIpc) is 2.53. The number of para-hydroxylation sites is 1. The second-order valence-corrected chi connectivity index (χ2v) is 5.64. The molecule has 0 saturated heterocycles. The quantitative estimate of drug-likeness (QED) is 0.495. The highest BCUT2D eigenvalue weighted by Crippen LogP contribution is 2.17. The van der Waals surface area contributed by atoms with E-state index in [2.05, 4.69) is 12.0 Å². The molecule has 0 aliphatic rings. The van der Waals surface area contributed by atoms with Gasteiger partial charge in [0.05, 0.1) is 11.4 Å². The van der Waals surface area contributed by atoms with Gasteiger partial charge in [-0.15, -0.1) is 0 Å². The minimum absolute atomic E-state index is 0.216. The minimum atomic E-state index is 0.216. The van der Waals surface area contributed by atoms with E-state index in [1.54, 1.807) is 5.01 Å². The molecular weight excluding hydrogens is 314 g/mol. The Morgan fingerprint density at radius 1 is 1.14 bits per heavy atom. The topological polar surface area (TPSA) is 41.6 Å². The number of anilines is 1. The van der Waals surface area contributed by atoms with Gasteiger partial charge in [-0.25, -0.2) is 5.01 Å². The third kappa shape index (κ3) is 4.29. The largest absolute Gasteiger partial charge is 0.374 e. The predicted molar refractivity (Wildman–Crippen MR) is 98.6 cm³/mol. The van der Waals surface area contributed by atoms with Gasteiger partial charge in [-0.2, -0.15) is 5.10 Å². The number of benzene rings is 2. The molecule has 2 N–H and O–H groups in total. The summed E-state index contributed by atoms with van der Waals surface area (Å²) in [7, 11) is 0. The van der Waals surface area contributed by atoms with Gasteiger partial charge in [0.25, 0.3) is 0 Å². The fourth-order valence-electron chi connectivity index (χ4n) is 2.06. The lowest BCUT2D eigenvalue weighted by molar-refractivity contribution is 0.975.